The number of halogens is 4. The summed E-state index contributed by atoms with van der Waals surface area (Å²) in [5.41, 5.74) is 1.16. The van der Waals surface area contributed by atoms with Crippen LogP contribution >= 0.6 is 27.5 Å². The average molecular weight is 361 g/mol. The van der Waals surface area contributed by atoms with E-state index in [0.29, 0.717) is 22.0 Å². The van der Waals surface area contributed by atoms with Crippen molar-refractivity contribution in [1.29, 1.82) is 0 Å². The maximum Gasteiger partial charge on any atom is 0.142 e. The Morgan fingerprint density at radius 2 is 1.90 bits per heavy atom. The molecule has 0 bridgehead atoms. The molecular weight excluding hydrogens is 348 g/mol. The third-order valence-electron chi connectivity index (χ3n) is 3.16. The van der Waals surface area contributed by atoms with Gasteiger partial charge >= 0.3 is 0 Å². The Morgan fingerprint density at radius 1 is 1.20 bits per heavy atom. The zero-order chi connectivity index (χ0) is 14.7. The zero-order valence-corrected chi connectivity index (χ0v) is 13.1. The molecule has 0 aromatic heterocycles. The third-order valence-corrected chi connectivity index (χ3v) is 4.20. The molecule has 20 heavy (non-hydrogen) atoms. The van der Waals surface area contributed by atoms with Gasteiger partial charge in [0.25, 0.3) is 0 Å². The number of hydrogen-bond acceptors (Lipinski definition) is 1. The van der Waals surface area contributed by atoms with Crippen LogP contribution in [-0.4, -0.2) is 7.05 Å². The quantitative estimate of drug-likeness (QED) is 0.819. The molecule has 1 nitrogen and oxygen atoms in total. The molecule has 0 aliphatic carbocycles. The number of rotatable bonds is 4. The van der Waals surface area contributed by atoms with E-state index in [-0.39, 0.29) is 16.9 Å². The molecule has 0 heterocycles. The van der Waals surface area contributed by atoms with E-state index in [4.69, 9.17) is 11.6 Å². The van der Waals surface area contributed by atoms with Crippen molar-refractivity contribution >= 4 is 27.5 Å². The highest BCUT2D eigenvalue weighted by atomic mass is 79.9. The van der Waals surface area contributed by atoms with Crippen molar-refractivity contribution in [2.45, 2.75) is 12.5 Å². The Labute approximate surface area is 130 Å². The molecule has 1 atom stereocenters. The molecule has 0 amide bonds. The molecule has 2 rings (SSSR count). The SMILES string of the molecule is CNC(Cc1cccc(F)c1Cl)c1cccc(Br)c1F. The van der Waals surface area contributed by atoms with Crippen molar-refractivity contribution in [2.24, 2.45) is 0 Å². The van der Waals surface area contributed by atoms with Crippen molar-refractivity contribution in [3.05, 3.63) is 68.7 Å². The molecular formula is C15H13BrClF2N. The summed E-state index contributed by atoms with van der Waals surface area (Å²) in [6, 6.07) is 9.47. The van der Waals surface area contributed by atoms with E-state index in [9.17, 15) is 8.78 Å². The van der Waals surface area contributed by atoms with Gasteiger partial charge in [-0.05, 0) is 47.1 Å². The minimum atomic E-state index is -0.464. The molecule has 0 saturated carbocycles. The number of benzene rings is 2. The summed E-state index contributed by atoms with van der Waals surface area (Å²) in [5.74, 6) is -0.784. The number of nitrogens with one attached hydrogen (secondary N) is 1. The van der Waals surface area contributed by atoms with Crippen molar-refractivity contribution in [2.75, 3.05) is 7.05 Å². The second kappa shape index (κ2) is 6.66. The predicted octanol–water partition coefficient (Wildman–Crippen LogP) is 4.88. The van der Waals surface area contributed by atoms with E-state index in [2.05, 4.69) is 21.2 Å². The van der Waals surface area contributed by atoms with E-state index in [1.165, 1.54) is 6.07 Å². The van der Waals surface area contributed by atoms with Crippen molar-refractivity contribution in [1.82, 2.24) is 5.32 Å². The van der Waals surface area contributed by atoms with Crippen molar-refractivity contribution in [3.8, 4) is 0 Å². The van der Waals surface area contributed by atoms with Crippen molar-refractivity contribution < 1.29 is 8.78 Å². The van der Waals surface area contributed by atoms with Gasteiger partial charge < -0.3 is 5.32 Å². The monoisotopic (exact) mass is 359 g/mol. The topological polar surface area (TPSA) is 12.0 Å². The highest BCUT2D eigenvalue weighted by molar-refractivity contribution is 9.10. The predicted molar refractivity (Wildman–Crippen MR) is 81.0 cm³/mol. The van der Waals surface area contributed by atoms with Gasteiger partial charge in [0.1, 0.15) is 11.6 Å². The normalized spacial score (nSPS) is 12.4. The van der Waals surface area contributed by atoms with Gasteiger partial charge in [0.2, 0.25) is 0 Å². The molecule has 0 aliphatic rings. The van der Waals surface area contributed by atoms with Gasteiger partial charge in [-0.15, -0.1) is 0 Å². The van der Waals surface area contributed by atoms with E-state index in [0.717, 1.165) is 0 Å². The third kappa shape index (κ3) is 3.19. The fourth-order valence-corrected chi connectivity index (χ4v) is 2.67. The van der Waals surface area contributed by atoms with Gasteiger partial charge in [-0.25, -0.2) is 8.78 Å². The van der Waals surface area contributed by atoms with Gasteiger partial charge in [0.05, 0.1) is 9.50 Å². The summed E-state index contributed by atoms with van der Waals surface area (Å²) in [5, 5.41) is 3.13. The lowest BCUT2D eigenvalue weighted by molar-refractivity contribution is 0.529. The van der Waals surface area contributed by atoms with Crippen LogP contribution in [0.15, 0.2) is 40.9 Å². The van der Waals surface area contributed by atoms with Crippen LogP contribution in [0.3, 0.4) is 0 Å². The molecule has 2 aromatic rings. The second-order valence-corrected chi connectivity index (χ2v) is 5.63. The Morgan fingerprint density at radius 3 is 2.60 bits per heavy atom. The summed E-state index contributed by atoms with van der Waals surface area (Å²) in [6.07, 6.45) is 0.403. The summed E-state index contributed by atoms with van der Waals surface area (Å²) in [6.45, 7) is 0. The van der Waals surface area contributed by atoms with E-state index < -0.39 is 5.82 Å². The van der Waals surface area contributed by atoms with E-state index >= 15 is 0 Å². The summed E-state index contributed by atoms with van der Waals surface area (Å²) >= 11 is 9.11. The van der Waals surface area contributed by atoms with Gasteiger partial charge in [-0.3, -0.25) is 0 Å². The molecule has 0 radical (unpaired) electrons. The first kappa shape index (κ1) is 15.4. The smallest absolute Gasteiger partial charge is 0.142 e. The minimum Gasteiger partial charge on any atom is -0.313 e. The molecule has 1 unspecified atom stereocenters. The largest absolute Gasteiger partial charge is 0.313 e. The standard InChI is InChI=1S/C15H13BrClF2N/c1-20-13(10-5-3-6-11(16)15(10)19)8-9-4-2-7-12(18)14(9)17/h2-7,13,20H,8H2,1H3. The second-order valence-electron chi connectivity index (χ2n) is 4.40. The van der Waals surface area contributed by atoms with Crippen LogP contribution in [0.5, 0.6) is 0 Å². The average Bonchev–Trinajstić information content (AvgIpc) is 2.44. The first-order valence-corrected chi connectivity index (χ1v) is 7.25. The lowest BCUT2D eigenvalue weighted by Gasteiger charge is -2.19. The van der Waals surface area contributed by atoms with Gasteiger partial charge in [-0.2, -0.15) is 0 Å². The lowest BCUT2D eigenvalue weighted by atomic mass is 9.98. The first-order chi connectivity index (χ1) is 9.54. The maximum atomic E-state index is 14.1. The van der Waals surface area contributed by atoms with E-state index in [1.54, 1.807) is 37.4 Å². The Balaban J connectivity index is 2.34. The molecule has 5 heteroatoms. The molecule has 106 valence electrons. The van der Waals surface area contributed by atoms with Gasteiger partial charge in [0.15, 0.2) is 0 Å². The highest BCUT2D eigenvalue weighted by Crippen LogP contribution is 2.29. The fraction of sp³-hybridized carbons (Fsp3) is 0.200. The fourth-order valence-electron chi connectivity index (χ4n) is 2.08. The molecule has 2 aromatic carbocycles. The van der Waals surface area contributed by atoms with Crippen LogP contribution in [0, 0.1) is 11.6 Å². The lowest BCUT2D eigenvalue weighted by Crippen LogP contribution is -2.20. The first-order valence-electron chi connectivity index (χ1n) is 6.08. The van der Waals surface area contributed by atoms with Crippen LogP contribution in [0.4, 0.5) is 8.78 Å². The molecule has 1 N–H and O–H groups in total. The van der Waals surface area contributed by atoms with Gasteiger partial charge in [0, 0.05) is 11.6 Å². The number of likely N-dealkylation sites (N-methyl/N-ethyl adjacent to an activating group) is 1. The van der Waals surface area contributed by atoms with Crippen LogP contribution < -0.4 is 5.32 Å². The van der Waals surface area contributed by atoms with Crippen LogP contribution in [0.1, 0.15) is 17.2 Å². The van der Waals surface area contributed by atoms with Gasteiger partial charge in [-0.1, -0.05) is 35.9 Å². The highest BCUT2D eigenvalue weighted by Gasteiger charge is 2.18. The zero-order valence-electron chi connectivity index (χ0n) is 10.8. The molecule has 0 aliphatic heterocycles. The Kier molecular flexibility index (Phi) is 5.13. The minimum absolute atomic E-state index is 0.0863. The molecule has 0 saturated heterocycles. The van der Waals surface area contributed by atoms with E-state index in [1.807, 2.05) is 0 Å². The van der Waals surface area contributed by atoms with Crippen LogP contribution in [0.2, 0.25) is 5.02 Å². The van der Waals surface area contributed by atoms with Crippen LogP contribution in [-0.2, 0) is 6.42 Å². The Bertz CT molecular complexity index is 619. The molecule has 0 spiro atoms. The Hall–Kier alpha value is -0.970. The van der Waals surface area contributed by atoms with Crippen LogP contribution in [0.25, 0.3) is 0 Å². The molecule has 0 fully saturated rings. The maximum absolute atomic E-state index is 14.1. The van der Waals surface area contributed by atoms with Crippen molar-refractivity contribution in [3.63, 3.8) is 0 Å². The summed E-state index contributed by atoms with van der Waals surface area (Å²) < 4.78 is 28.0. The summed E-state index contributed by atoms with van der Waals surface area (Å²) in [7, 11) is 1.73. The summed E-state index contributed by atoms with van der Waals surface area (Å²) in [4.78, 5) is 0. The number of hydrogen-bond donors (Lipinski definition) is 1.